The van der Waals surface area contributed by atoms with Crippen molar-refractivity contribution in [1.29, 1.82) is 0 Å². The zero-order chi connectivity index (χ0) is 24.2. The van der Waals surface area contributed by atoms with Crippen LogP contribution in [0, 0.1) is 0 Å². The van der Waals surface area contributed by atoms with E-state index in [0.717, 1.165) is 5.56 Å². The Morgan fingerprint density at radius 2 is 2.09 bits per heavy atom. The van der Waals surface area contributed by atoms with Crippen molar-refractivity contribution < 1.29 is 27.5 Å². The second kappa shape index (κ2) is 10.1. The first kappa shape index (κ1) is 24.3. The Balaban J connectivity index is 1.81. The summed E-state index contributed by atoms with van der Waals surface area (Å²) in [6.45, 7) is 1.82. The maximum absolute atomic E-state index is 13.2. The third kappa shape index (κ3) is 5.92. The number of nitrogens with zero attached hydrogens (tertiary/aromatic N) is 4. The molecule has 1 N–H and O–H groups in total. The molecule has 0 spiro atoms. The highest BCUT2D eigenvalue weighted by atomic mass is 35.5. The molecule has 2 heterocycles. The van der Waals surface area contributed by atoms with E-state index in [1.807, 2.05) is 11.4 Å². The number of methoxy groups -OCH3 is 1. The van der Waals surface area contributed by atoms with E-state index in [9.17, 15) is 22.8 Å². The van der Waals surface area contributed by atoms with Crippen LogP contribution in [0.2, 0.25) is 0 Å². The number of aromatic nitrogens is 3. The maximum Gasteiger partial charge on any atom is 0.409 e. The number of fused-ring (bicyclic) bond motifs is 1. The number of carbonyl (C=O) groups is 2. The van der Waals surface area contributed by atoms with E-state index in [1.54, 1.807) is 48.1 Å². The predicted octanol–water partition coefficient (Wildman–Crippen LogP) is 4.02. The van der Waals surface area contributed by atoms with Gasteiger partial charge in [0.25, 0.3) is 5.88 Å². The SMILES string of the molecule is CCN(Cc1cccc(-c2cn3ccnc3c(OC)n2)c1)C(=O)NC(CC(=O)Cl)C(F)(F)F. The van der Waals surface area contributed by atoms with Crippen LogP contribution in [-0.2, 0) is 11.3 Å². The second-order valence-electron chi connectivity index (χ2n) is 7.11. The van der Waals surface area contributed by atoms with Gasteiger partial charge in [-0.15, -0.1) is 0 Å². The number of imidazole rings is 1. The smallest absolute Gasteiger partial charge is 0.409 e. The number of halogens is 4. The van der Waals surface area contributed by atoms with Gasteiger partial charge in [0, 0.05) is 37.2 Å². The largest absolute Gasteiger partial charge is 0.478 e. The van der Waals surface area contributed by atoms with Crippen LogP contribution in [0.4, 0.5) is 18.0 Å². The topological polar surface area (TPSA) is 88.8 Å². The standard InChI is InChI=1S/C21H21ClF3N5O3/c1-3-29(20(32)28-16(10-17(22)31)21(23,24)25)11-13-5-4-6-14(9-13)15-12-30-8-7-26-18(30)19(27-15)33-2/h4-9,12,16H,3,10-11H2,1-2H3,(H,28,32). The van der Waals surface area contributed by atoms with Gasteiger partial charge in [0.1, 0.15) is 6.04 Å². The van der Waals surface area contributed by atoms with Crippen LogP contribution in [0.3, 0.4) is 0 Å². The highest BCUT2D eigenvalue weighted by Crippen LogP contribution is 2.25. The van der Waals surface area contributed by atoms with Crippen molar-refractivity contribution in [2.45, 2.75) is 32.1 Å². The molecule has 0 aliphatic rings. The van der Waals surface area contributed by atoms with E-state index >= 15 is 0 Å². The van der Waals surface area contributed by atoms with Crippen molar-refractivity contribution in [2.75, 3.05) is 13.7 Å². The lowest BCUT2D eigenvalue weighted by atomic mass is 10.1. The summed E-state index contributed by atoms with van der Waals surface area (Å²) in [7, 11) is 1.49. The first-order valence-electron chi connectivity index (χ1n) is 9.89. The van der Waals surface area contributed by atoms with Crippen LogP contribution in [0.25, 0.3) is 16.9 Å². The molecule has 1 aromatic carbocycles. The van der Waals surface area contributed by atoms with E-state index in [0.29, 0.717) is 22.8 Å². The number of amides is 2. The monoisotopic (exact) mass is 483 g/mol. The lowest BCUT2D eigenvalue weighted by Crippen LogP contribution is -2.51. The summed E-state index contributed by atoms with van der Waals surface area (Å²) >= 11 is 5.11. The highest BCUT2D eigenvalue weighted by molar-refractivity contribution is 6.63. The molecule has 0 aliphatic heterocycles. The molecule has 176 valence electrons. The summed E-state index contributed by atoms with van der Waals surface area (Å²) in [5.41, 5.74) is 2.54. The van der Waals surface area contributed by atoms with E-state index in [1.165, 1.54) is 12.0 Å². The van der Waals surface area contributed by atoms with Crippen LogP contribution in [-0.4, -0.2) is 56.4 Å². The average Bonchev–Trinajstić information content (AvgIpc) is 3.24. The molecule has 33 heavy (non-hydrogen) atoms. The molecule has 12 heteroatoms. The normalized spacial score (nSPS) is 12.4. The zero-order valence-corrected chi connectivity index (χ0v) is 18.5. The number of hydrogen-bond acceptors (Lipinski definition) is 5. The molecule has 2 aromatic heterocycles. The summed E-state index contributed by atoms with van der Waals surface area (Å²) in [6, 6.07) is 3.78. The molecule has 0 saturated heterocycles. The molecule has 0 bridgehead atoms. The lowest BCUT2D eigenvalue weighted by Gasteiger charge is -2.26. The number of nitrogens with one attached hydrogen (secondary N) is 1. The fraction of sp³-hybridized carbons (Fsp3) is 0.333. The Labute approximate surface area is 192 Å². The number of benzene rings is 1. The van der Waals surface area contributed by atoms with Crippen LogP contribution < -0.4 is 10.1 Å². The number of rotatable bonds is 8. The van der Waals surface area contributed by atoms with Crippen LogP contribution in [0.1, 0.15) is 18.9 Å². The Morgan fingerprint density at radius 3 is 2.73 bits per heavy atom. The fourth-order valence-corrected chi connectivity index (χ4v) is 3.36. The van der Waals surface area contributed by atoms with E-state index < -0.39 is 29.9 Å². The number of carbonyl (C=O) groups excluding carboxylic acids is 2. The molecule has 0 saturated carbocycles. The molecule has 2 amide bonds. The summed E-state index contributed by atoms with van der Waals surface area (Å²) in [5.74, 6) is 0.337. The maximum atomic E-state index is 13.2. The van der Waals surface area contributed by atoms with E-state index in [2.05, 4.69) is 9.97 Å². The van der Waals surface area contributed by atoms with Crippen molar-refractivity contribution >= 4 is 28.5 Å². The van der Waals surface area contributed by atoms with Gasteiger partial charge in [0.05, 0.1) is 19.2 Å². The van der Waals surface area contributed by atoms with Crippen molar-refractivity contribution in [2.24, 2.45) is 0 Å². The minimum absolute atomic E-state index is 0.0417. The molecule has 3 aromatic rings. The summed E-state index contributed by atoms with van der Waals surface area (Å²) in [4.78, 5) is 33.3. The number of ether oxygens (including phenoxy) is 1. The second-order valence-corrected chi connectivity index (χ2v) is 7.53. The summed E-state index contributed by atoms with van der Waals surface area (Å²) < 4.78 is 46.5. The average molecular weight is 484 g/mol. The van der Waals surface area contributed by atoms with Crippen molar-refractivity contribution in [3.63, 3.8) is 0 Å². The summed E-state index contributed by atoms with van der Waals surface area (Å²) in [6.07, 6.45) is -0.724. The van der Waals surface area contributed by atoms with Gasteiger partial charge in [0.15, 0.2) is 5.65 Å². The Hall–Kier alpha value is -3.34. The summed E-state index contributed by atoms with van der Waals surface area (Å²) in [5, 5.41) is 0.667. The van der Waals surface area contributed by atoms with Crippen LogP contribution >= 0.6 is 11.6 Å². The van der Waals surface area contributed by atoms with Gasteiger partial charge in [-0.25, -0.2) is 14.8 Å². The highest BCUT2D eigenvalue weighted by Gasteiger charge is 2.42. The number of hydrogen-bond donors (Lipinski definition) is 1. The van der Waals surface area contributed by atoms with Gasteiger partial charge in [-0.05, 0) is 30.2 Å². The molecule has 1 atom stereocenters. The third-order valence-corrected chi connectivity index (χ3v) is 5.01. The van der Waals surface area contributed by atoms with Gasteiger partial charge in [-0.1, -0.05) is 18.2 Å². The molecule has 0 fully saturated rings. The molecule has 3 rings (SSSR count). The van der Waals surface area contributed by atoms with Crippen molar-refractivity contribution in [3.05, 3.63) is 48.4 Å². The minimum Gasteiger partial charge on any atom is -0.478 e. The Kier molecular flexibility index (Phi) is 7.42. The zero-order valence-electron chi connectivity index (χ0n) is 17.8. The van der Waals surface area contributed by atoms with Gasteiger partial charge in [-0.2, -0.15) is 13.2 Å². The van der Waals surface area contributed by atoms with Crippen LogP contribution in [0.5, 0.6) is 5.88 Å². The van der Waals surface area contributed by atoms with Gasteiger partial charge in [0.2, 0.25) is 5.24 Å². The van der Waals surface area contributed by atoms with E-state index in [4.69, 9.17) is 16.3 Å². The minimum atomic E-state index is -4.81. The third-order valence-electron chi connectivity index (χ3n) is 4.86. The molecular weight excluding hydrogens is 463 g/mol. The van der Waals surface area contributed by atoms with Gasteiger partial charge < -0.3 is 19.4 Å². The lowest BCUT2D eigenvalue weighted by molar-refractivity contribution is -0.157. The van der Waals surface area contributed by atoms with Crippen molar-refractivity contribution in [3.8, 4) is 17.1 Å². The molecular formula is C21H21ClF3N5O3. The van der Waals surface area contributed by atoms with Crippen molar-refractivity contribution in [1.82, 2.24) is 24.6 Å². The first-order chi connectivity index (χ1) is 15.6. The molecule has 0 aliphatic carbocycles. The van der Waals surface area contributed by atoms with Crippen LogP contribution in [0.15, 0.2) is 42.9 Å². The predicted molar refractivity (Wildman–Crippen MR) is 115 cm³/mol. The number of urea groups is 1. The molecule has 0 radical (unpaired) electrons. The van der Waals surface area contributed by atoms with Gasteiger partial charge in [-0.3, -0.25) is 4.79 Å². The quantitative estimate of drug-likeness (QED) is 0.489. The van der Waals surface area contributed by atoms with E-state index in [-0.39, 0.29) is 13.1 Å². The Bertz CT molecular complexity index is 1150. The molecule has 8 nitrogen and oxygen atoms in total. The Morgan fingerprint density at radius 1 is 1.33 bits per heavy atom. The molecule has 1 unspecified atom stereocenters. The number of alkyl halides is 3. The first-order valence-corrected chi connectivity index (χ1v) is 10.3. The fourth-order valence-electron chi connectivity index (χ4n) is 3.20. The van der Waals surface area contributed by atoms with Gasteiger partial charge >= 0.3 is 12.2 Å².